The normalized spacial score (nSPS) is 10.9. The maximum absolute atomic E-state index is 12.9. The number of nitro groups is 1. The number of nitrogens with two attached hydrogens (primary N) is 1. The summed E-state index contributed by atoms with van der Waals surface area (Å²) in [6, 6.07) is 12.6. The van der Waals surface area contributed by atoms with E-state index < -0.39 is 10.8 Å². The van der Waals surface area contributed by atoms with E-state index in [1.807, 2.05) is 0 Å². The van der Waals surface area contributed by atoms with Gasteiger partial charge in [0.2, 0.25) is 11.6 Å². The first kappa shape index (κ1) is 21.1. The van der Waals surface area contributed by atoms with Crippen LogP contribution in [0.1, 0.15) is 16.1 Å². The van der Waals surface area contributed by atoms with Crippen LogP contribution in [0.5, 0.6) is 5.75 Å². The molecule has 0 saturated carbocycles. The van der Waals surface area contributed by atoms with Crippen molar-refractivity contribution < 1.29 is 19.1 Å². The van der Waals surface area contributed by atoms with Crippen molar-refractivity contribution in [2.75, 3.05) is 12.8 Å². The van der Waals surface area contributed by atoms with E-state index in [1.54, 1.807) is 30.3 Å². The fraction of sp³-hybridized carbons (Fsp3) is 0.0526. The number of ether oxygens (including phenoxy) is 1. The number of carbonyl (C=O) groups is 1. The molecule has 3 N–H and O–H groups in total. The summed E-state index contributed by atoms with van der Waals surface area (Å²) >= 11 is 0. The van der Waals surface area contributed by atoms with Crippen LogP contribution in [0.2, 0.25) is 0 Å². The molecule has 0 atom stereocenters. The number of non-ortho nitro benzene ring substituents is 1. The summed E-state index contributed by atoms with van der Waals surface area (Å²) in [5, 5.41) is 29.9. The Morgan fingerprint density at radius 1 is 1.27 bits per heavy atom. The lowest BCUT2D eigenvalue weighted by atomic mass is 10.1. The number of nitrogen functional groups attached to an aromatic ring is 1. The number of anilines is 1. The van der Waals surface area contributed by atoms with Crippen molar-refractivity contribution in [3.05, 3.63) is 69.9 Å². The molecule has 14 nitrogen and oxygen atoms in total. The minimum absolute atomic E-state index is 0.0412. The topological polar surface area (TPSA) is 189 Å². The number of hydrogen-bond donors (Lipinski definition) is 2. The van der Waals surface area contributed by atoms with E-state index in [9.17, 15) is 14.9 Å². The zero-order chi connectivity index (χ0) is 23.4. The van der Waals surface area contributed by atoms with E-state index in [-0.39, 0.29) is 28.7 Å². The highest BCUT2D eigenvalue weighted by molar-refractivity contribution is 5.99. The van der Waals surface area contributed by atoms with Crippen LogP contribution in [0.3, 0.4) is 0 Å². The van der Waals surface area contributed by atoms with Crippen molar-refractivity contribution in [2.45, 2.75) is 0 Å². The minimum atomic E-state index is -0.698. The van der Waals surface area contributed by atoms with Gasteiger partial charge in [0.25, 0.3) is 11.6 Å². The fourth-order valence-corrected chi connectivity index (χ4v) is 2.89. The Balaban J connectivity index is 1.68. The second kappa shape index (κ2) is 8.93. The Bertz CT molecular complexity index is 1360. The number of nitrogens with zero attached hydrogens (tertiary/aromatic N) is 7. The van der Waals surface area contributed by atoms with Crippen LogP contribution in [0.15, 0.2) is 58.3 Å². The minimum Gasteiger partial charge on any atom is -0.497 e. The van der Waals surface area contributed by atoms with Gasteiger partial charge in [-0.05, 0) is 22.4 Å². The summed E-state index contributed by atoms with van der Waals surface area (Å²) in [5.74, 6) is -0.184. The van der Waals surface area contributed by atoms with Gasteiger partial charge in [0.15, 0.2) is 5.69 Å². The van der Waals surface area contributed by atoms with Gasteiger partial charge in [-0.25, -0.2) is 10.1 Å². The number of amides is 1. The Labute approximate surface area is 184 Å². The van der Waals surface area contributed by atoms with Gasteiger partial charge < -0.3 is 10.5 Å². The van der Waals surface area contributed by atoms with Gasteiger partial charge in [0.05, 0.1) is 18.2 Å². The van der Waals surface area contributed by atoms with Crippen molar-refractivity contribution in [2.24, 2.45) is 5.10 Å². The van der Waals surface area contributed by atoms with Crippen LogP contribution in [-0.2, 0) is 0 Å². The van der Waals surface area contributed by atoms with Crippen LogP contribution in [0.4, 0.5) is 11.5 Å². The zero-order valence-corrected chi connectivity index (χ0v) is 16.9. The summed E-state index contributed by atoms with van der Waals surface area (Å²) in [7, 11) is 1.50. The lowest BCUT2D eigenvalue weighted by Crippen LogP contribution is -2.19. The van der Waals surface area contributed by atoms with E-state index in [0.717, 1.165) is 0 Å². The lowest BCUT2D eigenvalue weighted by Gasteiger charge is -2.07. The van der Waals surface area contributed by atoms with E-state index in [2.05, 4.69) is 35.8 Å². The van der Waals surface area contributed by atoms with Gasteiger partial charge >= 0.3 is 0 Å². The highest BCUT2D eigenvalue weighted by Crippen LogP contribution is 2.29. The maximum Gasteiger partial charge on any atom is 0.294 e. The Hall–Kier alpha value is -5.14. The summed E-state index contributed by atoms with van der Waals surface area (Å²) in [5.41, 5.74) is 9.09. The SMILES string of the molecule is COc1cccc(-c2c(C(=O)N/N=C/c3cccc([N+](=O)[O-])c3)nnn2-c2nonc2N)c1. The first-order valence-corrected chi connectivity index (χ1v) is 9.24. The number of nitro benzene ring substituents is 1. The number of methoxy groups -OCH3 is 1. The third-order valence-corrected chi connectivity index (χ3v) is 4.39. The van der Waals surface area contributed by atoms with E-state index in [0.29, 0.717) is 16.9 Å². The standard InChI is InChI=1S/C19H15N9O5/c1-32-14-7-3-5-12(9-14)16-15(22-26-27(16)18-17(20)24-33-25-18)19(29)23-21-10-11-4-2-6-13(8-11)28(30)31/h2-10H,1H3,(H2,20,24)(H,23,29)/b21-10+. The van der Waals surface area contributed by atoms with Gasteiger partial charge in [0, 0.05) is 23.3 Å². The number of nitrogens with one attached hydrogen (secondary N) is 1. The van der Waals surface area contributed by atoms with Gasteiger partial charge in [-0.3, -0.25) is 14.9 Å². The third-order valence-electron chi connectivity index (χ3n) is 4.39. The molecule has 1 amide bonds. The first-order valence-electron chi connectivity index (χ1n) is 9.24. The van der Waals surface area contributed by atoms with Crippen LogP contribution in [0.25, 0.3) is 17.1 Å². The van der Waals surface area contributed by atoms with Gasteiger partial charge in [-0.15, -0.1) is 5.10 Å². The average Bonchev–Trinajstić information content (AvgIpc) is 3.45. The second-order valence-corrected chi connectivity index (χ2v) is 6.45. The highest BCUT2D eigenvalue weighted by atomic mass is 16.6. The second-order valence-electron chi connectivity index (χ2n) is 6.45. The Morgan fingerprint density at radius 2 is 2.09 bits per heavy atom. The van der Waals surface area contributed by atoms with Crippen molar-refractivity contribution in [3.8, 4) is 22.8 Å². The van der Waals surface area contributed by atoms with Crippen LogP contribution in [-0.4, -0.2) is 49.5 Å². The van der Waals surface area contributed by atoms with Crippen molar-refractivity contribution >= 4 is 23.6 Å². The molecule has 2 aromatic carbocycles. The van der Waals surface area contributed by atoms with Crippen LogP contribution in [0, 0.1) is 10.1 Å². The fourth-order valence-electron chi connectivity index (χ4n) is 2.89. The molecule has 0 saturated heterocycles. The van der Waals surface area contributed by atoms with Crippen molar-refractivity contribution in [1.82, 2.24) is 30.7 Å². The predicted octanol–water partition coefficient (Wildman–Crippen LogP) is 1.58. The molecule has 14 heteroatoms. The number of hydrazone groups is 1. The monoisotopic (exact) mass is 449 g/mol. The van der Waals surface area contributed by atoms with Gasteiger partial charge in [-0.1, -0.05) is 29.5 Å². The molecule has 166 valence electrons. The molecule has 0 spiro atoms. The summed E-state index contributed by atoms with van der Waals surface area (Å²) in [6.45, 7) is 0. The molecular formula is C19H15N9O5. The molecule has 0 aliphatic rings. The molecule has 2 heterocycles. The van der Waals surface area contributed by atoms with Crippen LogP contribution >= 0.6 is 0 Å². The van der Waals surface area contributed by atoms with Crippen LogP contribution < -0.4 is 15.9 Å². The maximum atomic E-state index is 12.9. The number of benzene rings is 2. The van der Waals surface area contributed by atoms with E-state index >= 15 is 0 Å². The predicted molar refractivity (Wildman–Crippen MR) is 114 cm³/mol. The zero-order valence-electron chi connectivity index (χ0n) is 16.9. The van der Waals surface area contributed by atoms with Crippen molar-refractivity contribution in [1.29, 1.82) is 0 Å². The smallest absolute Gasteiger partial charge is 0.294 e. The molecule has 0 bridgehead atoms. The molecule has 0 aliphatic heterocycles. The largest absolute Gasteiger partial charge is 0.497 e. The molecular weight excluding hydrogens is 434 g/mol. The first-order chi connectivity index (χ1) is 16.0. The summed E-state index contributed by atoms with van der Waals surface area (Å²) in [4.78, 5) is 23.2. The van der Waals surface area contributed by atoms with Gasteiger partial charge in [0.1, 0.15) is 11.4 Å². The molecule has 4 aromatic rings. The number of carbonyl (C=O) groups excluding carboxylic acids is 1. The van der Waals surface area contributed by atoms with Gasteiger partial charge in [-0.2, -0.15) is 9.78 Å². The third kappa shape index (κ3) is 4.34. The lowest BCUT2D eigenvalue weighted by molar-refractivity contribution is -0.384. The molecule has 2 aromatic heterocycles. The van der Waals surface area contributed by atoms with E-state index in [4.69, 9.17) is 10.5 Å². The van der Waals surface area contributed by atoms with E-state index in [1.165, 1.54) is 36.2 Å². The molecule has 4 rings (SSSR count). The molecule has 33 heavy (non-hydrogen) atoms. The summed E-state index contributed by atoms with van der Waals surface area (Å²) < 4.78 is 11.1. The molecule has 0 aliphatic carbocycles. The molecule has 0 unspecified atom stereocenters. The molecule has 0 fully saturated rings. The average molecular weight is 449 g/mol. The molecule has 0 radical (unpaired) electrons. The van der Waals surface area contributed by atoms with Crippen molar-refractivity contribution in [3.63, 3.8) is 0 Å². The Kier molecular flexibility index (Phi) is 5.71. The number of hydrogen-bond acceptors (Lipinski definition) is 11. The number of rotatable bonds is 7. The quantitative estimate of drug-likeness (QED) is 0.238. The summed E-state index contributed by atoms with van der Waals surface area (Å²) in [6.07, 6.45) is 1.26. The Morgan fingerprint density at radius 3 is 2.82 bits per heavy atom. The highest BCUT2D eigenvalue weighted by Gasteiger charge is 2.25. The number of aromatic nitrogens is 5.